The van der Waals surface area contributed by atoms with Gasteiger partial charge in [0.05, 0.1) is 19.8 Å². The summed E-state index contributed by atoms with van der Waals surface area (Å²) >= 11 is 1.63. The van der Waals surface area contributed by atoms with Crippen LogP contribution in [0.15, 0.2) is 47.9 Å². The van der Waals surface area contributed by atoms with Crippen molar-refractivity contribution in [1.82, 2.24) is 20.3 Å². The highest BCUT2D eigenvalue weighted by Gasteiger charge is 2.56. The molecule has 0 bridgehead atoms. The third kappa shape index (κ3) is 2.74. The molecule has 3 aliphatic rings. The number of nitrogens with zero attached hydrogens (tertiary/aromatic N) is 3. The molecular formula is C22H21N5OSSi. The molecule has 0 saturated carbocycles. The smallest absolute Gasteiger partial charge is 0.259 e. The van der Waals surface area contributed by atoms with E-state index in [0.717, 1.165) is 55.6 Å². The minimum absolute atomic E-state index is 0.0367. The molecule has 2 radical (unpaired) electrons. The summed E-state index contributed by atoms with van der Waals surface area (Å²) in [5, 5.41) is 4.58. The Hall–Kier alpha value is -2.58. The molecule has 6 rings (SSSR count). The number of rotatable bonds is 3. The largest absolute Gasteiger partial charge is 0.348 e. The molecule has 1 amide bonds. The number of thioether (sulfide) groups is 1. The average molecular weight is 432 g/mol. The first-order valence-electron chi connectivity index (χ1n) is 10.2. The number of hydrogen-bond acceptors (Lipinski definition) is 5. The van der Waals surface area contributed by atoms with Crippen molar-refractivity contribution in [3.05, 3.63) is 64.6 Å². The Kier molecular flexibility index (Phi) is 4.07. The summed E-state index contributed by atoms with van der Waals surface area (Å²) in [6, 6.07) is 10.1. The number of anilines is 1. The van der Waals surface area contributed by atoms with Crippen LogP contribution in [0.25, 0.3) is 11.0 Å². The number of aromatic nitrogens is 3. The molecule has 1 saturated heterocycles. The first-order valence-corrected chi connectivity index (χ1v) is 12.4. The molecule has 2 N–H and O–H groups in total. The number of hydrogen-bond donors (Lipinski definition) is 2. The van der Waals surface area contributed by atoms with Crippen molar-refractivity contribution in [3.8, 4) is 0 Å². The van der Waals surface area contributed by atoms with Gasteiger partial charge >= 0.3 is 0 Å². The van der Waals surface area contributed by atoms with Gasteiger partial charge in [0.1, 0.15) is 17.8 Å². The van der Waals surface area contributed by atoms with E-state index in [1.807, 2.05) is 12.4 Å². The van der Waals surface area contributed by atoms with Gasteiger partial charge in [-0.15, -0.1) is 11.8 Å². The molecule has 1 fully saturated rings. The van der Waals surface area contributed by atoms with Gasteiger partial charge in [-0.3, -0.25) is 4.79 Å². The number of carbonyl (C=O) groups is 1. The Morgan fingerprint density at radius 1 is 1.37 bits per heavy atom. The summed E-state index contributed by atoms with van der Waals surface area (Å²) in [4.78, 5) is 28.1. The van der Waals surface area contributed by atoms with Gasteiger partial charge in [-0.1, -0.05) is 30.3 Å². The second kappa shape index (κ2) is 6.71. The summed E-state index contributed by atoms with van der Waals surface area (Å²) in [6.45, 7) is 2.87. The predicted molar refractivity (Wildman–Crippen MR) is 121 cm³/mol. The third-order valence-corrected chi connectivity index (χ3v) is 9.11. The van der Waals surface area contributed by atoms with Crippen LogP contribution in [0.5, 0.6) is 0 Å². The maximum Gasteiger partial charge on any atom is 0.259 e. The normalized spacial score (nSPS) is 24.8. The molecule has 1 aliphatic carbocycles. The molecule has 1 aromatic carbocycles. The van der Waals surface area contributed by atoms with Crippen molar-refractivity contribution in [2.75, 3.05) is 17.2 Å². The van der Waals surface area contributed by atoms with Gasteiger partial charge in [-0.2, -0.15) is 0 Å². The fraction of sp³-hybridized carbons (Fsp3) is 0.318. The van der Waals surface area contributed by atoms with Crippen LogP contribution in [0.2, 0.25) is 6.04 Å². The first-order chi connectivity index (χ1) is 14.7. The number of nitrogens with one attached hydrogen (secondary N) is 2. The van der Waals surface area contributed by atoms with Crippen LogP contribution in [0.4, 0.5) is 5.82 Å². The van der Waals surface area contributed by atoms with Crippen molar-refractivity contribution >= 4 is 44.0 Å². The van der Waals surface area contributed by atoms with Crippen molar-refractivity contribution in [2.45, 2.75) is 30.5 Å². The lowest BCUT2D eigenvalue weighted by Crippen LogP contribution is -2.43. The SMILES string of the molecule is Cc1c[nH]c2ncnc(N3C=C(C(=O)N[C@H]4Cc5ccccc5C45C[Si]5)SCC3)c12. The van der Waals surface area contributed by atoms with E-state index in [-0.39, 0.29) is 17.0 Å². The molecule has 4 heterocycles. The van der Waals surface area contributed by atoms with E-state index in [0.29, 0.717) is 0 Å². The lowest BCUT2D eigenvalue weighted by molar-refractivity contribution is -0.117. The Labute approximate surface area is 181 Å². The number of fused-ring (bicyclic) bond motifs is 3. The number of amides is 1. The predicted octanol–water partition coefficient (Wildman–Crippen LogP) is 2.73. The molecule has 3 aromatic rings. The van der Waals surface area contributed by atoms with E-state index in [9.17, 15) is 4.79 Å². The molecule has 2 atom stereocenters. The van der Waals surface area contributed by atoms with Crippen molar-refractivity contribution in [1.29, 1.82) is 0 Å². The second-order valence-electron chi connectivity index (χ2n) is 8.14. The van der Waals surface area contributed by atoms with Crippen molar-refractivity contribution in [3.63, 3.8) is 0 Å². The van der Waals surface area contributed by atoms with E-state index in [4.69, 9.17) is 0 Å². The molecule has 1 spiro atoms. The third-order valence-electron chi connectivity index (χ3n) is 6.39. The number of aromatic amines is 1. The monoisotopic (exact) mass is 431 g/mol. The van der Waals surface area contributed by atoms with E-state index < -0.39 is 0 Å². The highest BCUT2D eigenvalue weighted by atomic mass is 32.2. The molecular weight excluding hydrogens is 410 g/mol. The Morgan fingerprint density at radius 3 is 3.10 bits per heavy atom. The van der Waals surface area contributed by atoms with Crippen LogP contribution >= 0.6 is 11.8 Å². The zero-order chi connectivity index (χ0) is 20.3. The highest BCUT2D eigenvalue weighted by molar-refractivity contribution is 8.04. The topological polar surface area (TPSA) is 73.9 Å². The highest BCUT2D eigenvalue weighted by Crippen LogP contribution is 2.51. The van der Waals surface area contributed by atoms with Gasteiger partial charge in [0.15, 0.2) is 0 Å². The molecule has 6 nitrogen and oxygen atoms in total. The fourth-order valence-corrected chi connectivity index (χ4v) is 7.14. The number of H-pyrrole nitrogens is 1. The van der Waals surface area contributed by atoms with Crippen LogP contribution in [0.3, 0.4) is 0 Å². The van der Waals surface area contributed by atoms with Crippen LogP contribution in [-0.4, -0.2) is 48.7 Å². The van der Waals surface area contributed by atoms with E-state index in [1.54, 1.807) is 18.1 Å². The van der Waals surface area contributed by atoms with Crippen LogP contribution in [0, 0.1) is 6.92 Å². The zero-order valence-corrected chi connectivity index (χ0v) is 18.4. The maximum absolute atomic E-state index is 13.2. The Balaban J connectivity index is 1.27. The molecule has 1 unspecified atom stereocenters. The van der Waals surface area contributed by atoms with Gasteiger partial charge in [0, 0.05) is 35.8 Å². The van der Waals surface area contributed by atoms with Gasteiger partial charge in [-0.25, -0.2) is 9.97 Å². The maximum atomic E-state index is 13.2. The second-order valence-corrected chi connectivity index (χ2v) is 10.9. The van der Waals surface area contributed by atoms with Crippen molar-refractivity contribution in [2.24, 2.45) is 0 Å². The van der Waals surface area contributed by atoms with Gasteiger partial charge in [0.2, 0.25) is 0 Å². The lowest BCUT2D eigenvalue weighted by Gasteiger charge is -2.27. The van der Waals surface area contributed by atoms with Gasteiger partial charge in [0.25, 0.3) is 5.91 Å². The Morgan fingerprint density at radius 2 is 2.23 bits per heavy atom. The molecule has 2 aliphatic heterocycles. The average Bonchev–Trinajstić information content (AvgIpc) is 3.41. The standard InChI is InChI=1S/C22H21N5OSSi/c1-13-9-23-19-18(13)20(25-12-24-19)27-6-7-29-16(10-27)21(28)26-17-8-14-4-2-3-5-15(14)22(17)11-30-22/h2-5,9-10,12,17H,6-8,11H2,1H3,(H,26,28)(H,23,24,25)/t17-,22?/m0/s1. The summed E-state index contributed by atoms with van der Waals surface area (Å²) in [5.41, 5.74) is 4.78. The van der Waals surface area contributed by atoms with Crippen LogP contribution < -0.4 is 10.2 Å². The van der Waals surface area contributed by atoms with E-state index in [1.165, 1.54) is 17.2 Å². The van der Waals surface area contributed by atoms with E-state index in [2.05, 4.69) is 56.4 Å². The molecule has 2 aromatic heterocycles. The molecule has 30 heavy (non-hydrogen) atoms. The summed E-state index contributed by atoms with van der Waals surface area (Å²) in [5.74, 6) is 1.75. The summed E-state index contributed by atoms with van der Waals surface area (Å²) in [6.07, 6.45) is 6.43. The quantitative estimate of drug-likeness (QED) is 0.624. The molecule has 150 valence electrons. The van der Waals surface area contributed by atoms with Gasteiger partial charge < -0.3 is 15.2 Å². The van der Waals surface area contributed by atoms with E-state index >= 15 is 0 Å². The van der Waals surface area contributed by atoms with Crippen molar-refractivity contribution < 1.29 is 4.79 Å². The number of carbonyl (C=O) groups excluding carboxylic acids is 1. The zero-order valence-electron chi connectivity index (χ0n) is 16.6. The Bertz CT molecular complexity index is 1200. The lowest BCUT2D eigenvalue weighted by atomic mass is 10.0. The minimum atomic E-state index is 0.0367. The minimum Gasteiger partial charge on any atom is -0.348 e. The fourth-order valence-electron chi connectivity index (χ4n) is 4.75. The summed E-state index contributed by atoms with van der Waals surface area (Å²) < 4.78 is 0. The first kappa shape index (κ1) is 18.2. The van der Waals surface area contributed by atoms with Gasteiger partial charge in [-0.05, 0) is 30.0 Å². The van der Waals surface area contributed by atoms with Crippen LogP contribution in [-0.2, 0) is 16.3 Å². The molecule has 8 heteroatoms. The van der Waals surface area contributed by atoms with Crippen LogP contribution in [0.1, 0.15) is 16.7 Å². The summed E-state index contributed by atoms with van der Waals surface area (Å²) in [7, 11) is 0.905. The number of benzene rings is 1. The number of aryl methyl sites for hydroxylation is 1.